The van der Waals surface area contributed by atoms with Gasteiger partial charge in [0.1, 0.15) is 0 Å². The van der Waals surface area contributed by atoms with Gasteiger partial charge in [-0.25, -0.2) is 0 Å². The third-order valence-electron chi connectivity index (χ3n) is 8.59. The van der Waals surface area contributed by atoms with Crippen molar-refractivity contribution in [2.24, 2.45) is 28.6 Å². The lowest BCUT2D eigenvalue weighted by Crippen LogP contribution is -2.24. The summed E-state index contributed by atoms with van der Waals surface area (Å²) in [5.74, 6) is 3.14. The molecule has 0 heterocycles. The highest BCUT2D eigenvalue weighted by atomic mass is 14.3. The summed E-state index contributed by atoms with van der Waals surface area (Å²) in [5, 5.41) is 0. The van der Waals surface area contributed by atoms with E-state index in [9.17, 15) is 0 Å². The second-order valence-electron chi connectivity index (χ2n) is 13.4. The highest BCUT2D eigenvalue weighted by molar-refractivity contribution is 4.80. The van der Waals surface area contributed by atoms with Gasteiger partial charge in [0.15, 0.2) is 0 Å². The summed E-state index contributed by atoms with van der Waals surface area (Å²) >= 11 is 0. The van der Waals surface area contributed by atoms with Crippen molar-refractivity contribution < 1.29 is 0 Å². The molecule has 30 heavy (non-hydrogen) atoms. The second-order valence-corrected chi connectivity index (χ2v) is 13.4. The van der Waals surface area contributed by atoms with Crippen LogP contribution in [0, 0.1) is 28.6 Å². The van der Waals surface area contributed by atoms with Gasteiger partial charge in [0.25, 0.3) is 0 Å². The Bertz CT molecular complexity index is 416. The molecule has 2 atom stereocenters. The van der Waals surface area contributed by atoms with Gasteiger partial charge in [-0.1, -0.05) is 131 Å². The first-order valence-electron chi connectivity index (χ1n) is 14.3. The standard InChI is InChI=1S/C30H58/c1-29(2,3)25-28-20-16-15-19-27(28)18-14-12-10-8-6-7-9-11-13-17-26-21-23-30(4,5)24-22-26/h26-28H,6-25H2,1-5H3. The van der Waals surface area contributed by atoms with Gasteiger partial charge in [-0.05, 0) is 60.7 Å². The van der Waals surface area contributed by atoms with Crippen LogP contribution >= 0.6 is 0 Å². The van der Waals surface area contributed by atoms with Gasteiger partial charge < -0.3 is 0 Å². The third-order valence-corrected chi connectivity index (χ3v) is 8.59. The fourth-order valence-electron chi connectivity index (χ4n) is 6.54. The largest absolute Gasteiger partial charge is 0.0602 e. The van der Waals surface area contributed by atoms with Crippen LogP contribution in [0.4, 0.5) is 0 Å². The molecule has 2 aliphatic carbocycles. The molecule has 2 fully saturated rings. The first-order chi connectivity index (χ1) is 14.3. The molecule has 0 aliphatic heterocycles. The van der Waals surface area contributed by atoms with Crippen LogP contribution in [0.2, 0.25) is 0 Å². The van der Waals surface area contributed by atoms with Gasteiger partial charge in [-0.15, -0.1) is 0 Å². The van der Waals surface area contributed by atoms with Crippen molar-refractivity contribution in [2.75, 3.05) is 0 Å². The summed E-state index contributed by atoms with van der Waals surface area (Å²) in [6, 6.07) is 0. The van der Waals surface area contributed by atoms with Crippen LogP contribution in [-0.4, -0.2) is 0 Å². The molecule has 0 aromatic rings. The summed E-state index contributed by atoms with van der Waals surface area (Å²) in [4.78, 5) is 0. The average molecular weight is 419 g/mol. The van der Waals surface area contributed by atoms with Crippen molar-refractivity contribution in [2.45, 2.75) is 163 Å². The van der Waals surface area contributed by atoms with Crippen molar-refractivity contribution in [1.29, 1.82) is 0 Å². The molecule has 0 spiro atoms. The summed E-state index contributed by atoms with van der Waals surface area (Å²) in [6.07, 6.45) is 30.0. The zero-order valence-corrected chi connectivity index (χ0v) is 21.9. The van der Waals surface area contributed by atoms with Crippen LogP contribution in [0.15, 0.2) is 0 Å². The van der Waals surface area contributed by atoms with Gasteiger partial charge >= 0.3 is 0 Å². The third kappa shape index (κ3) is 11.6. The van der Waals surface area contributed by atoms with Gasteiger partial charge in [0.2, 0.25) is 0 Å². The van der Waals surface area contributed by atoms with E-state index in [0.29, 0.717) is 10.8 Å². The lowest BCUT2D eigenvalue weighted by atomic mass is 9.70. The van der Waals surface area contributed by atoms with Crippen LogP contribution in [-0.2, 0) is 0 Å². The Kier molecular flexibility index (Phi) is 11.8. The molecule has 2 aliphatic rings. The normalized spacial score (nSPS) is 25.5. The maximum Gasteiger partial charge on any atom is -0.0354 e. The maximum absolute atomic E-state index is 2.46. The van der Waals surface area contributed by atoms with E-state index in [1.54, 1.807) is 0 Å². The predicted octanol–water partition coefficient (Wildman–Crippen LogP) is 10.7. The van der Waals surface area contributed by atoms with Gasteiger partial charge in [-0.3, -0.25) is 0 Å². The van der Waals surface area contributed by atoms with Crippen molar-refractivity contribution in [3.8, 4) is 0 Å². The molecule has 0 heteroatoms. The molecule has 0 amide bonds. The van der Waals surface area contributed by atoms with E-state index >= 15 is 0 Å². The molecule has 2 unspecified atom stereocenters. The quantitative estimate of drug-likeness (QED) is 0.261. The minimum absolute atomic E-state index is 0.521. The molecule has 2 rings (SSSR count). The molecular formula is C30H58. The number of unbranched alkanes of at least 4 members (excludes halogenated alkanes) is 8. The first kappa shape index (κ1) is 26.3. The minimum atomic E-state index is 0.521. The van der Waals surface area contributed by atoms with Crippen molar-refractivity contribution >= 4 is 0 Å². The molecule has 0 aromatic heterocycles. The maximum atomic E-state index is 2.46. The summed E-state index contributed by atoms with van der Waals surface area (Å²) in [7, 11) is 0. The molecule has 178 valence electrons. The Morgan fingerprint density at radius 2 is 1.07 bits per heavy atom. The SMILES string of the molecule is CC(C)(C)CC1CCCCC1CCCCCCCCCCCC1CCC(C)(C)CC1. The molecule has 0 saturated heterocycles. The van der Waals surface area contributed by atoms with E-state index in [-0.39, 0.29) is 0 Å². The highest BCUT2D eigenvalue weighted by Crippen LogP contribution is 2.41. The number of rotatable bonds is 13. The van der Waals surface area contributed by atoms with E-state index in [2.05, 4.69) is 34.6 Å². The Morgan fingerprint density at radius 1 is 0.600 bits per heavy atom. The number of hydrogen-bond acceptors (Lipinski definition) is 0. The fraction of sp³-hybridized carbons (Fsp3) is 1.00. The highest BCUT2D eigenvalue weighted by Gasteiger charge is 2.28. The van der Waals surface area contributed by atoms with Gasteiger partial charge in [0.05, 0.1) is 0 Å². The van der Waals surface area contributed by atoms with Crippen LogP contribution in [0.1, 0.15) is 163 Å². The van der Waals surface area contributed by atoms with E-state index in [1.807, 2.05) is 0 Å². The monoisotopic (exact) mass is 418 g/mol. The Hall–Kier alpha value is 0. The van der Waals surface area contributed by atoms with E-state index in [0.717, 1.165) is 17.8 Å². The van der Waals surface area contributed by atoms with Crippen LogP contribution in [0.25, 0.3) is 0 Å². The molecule has 0 nitrogen and oxygen atoms in total. The zero-order valence-electron chi connectivity index (χ0n) is 21.9. The summed E-state index contributed by atoms with van der Waals surface area (Å²) < 4.78 is 0. The molecule has 0 bridgehead atoms. The Labute approximate surface area is 191 Å². The van der Waals surface area contributed by atoms with Crippen molar-refractivity contribution in [1.82, 2.24) is 0 Å². The molecular weight excluding hydrogens is 360 g/mol. The van der Waals surface area contributed by atoms with Crippen LogP contribution in [0.3, 0.4) is 0 Å². The summed E-state index contributed by atoms with van der Waals surface area (Å²) in [5.41, 5.74) is 1.16. The van der Waals surface area contributed by atoms with Crippen LogP contribution < -0.4 is 0 Å². The first-order valence-corrected chi connectivity index (χ1v) is 14.3. The molecule has 0 aromatic carbocycles. The molecule has 0 N–H and O–H groups in total. The topological polar surface area (TPSA) is 0 Å². The van der Waals surface area contributed by atoms with Gasteiger partial charge in [-0.2, -0.15) is 0 Å². The second kappa shape index (κ2) is 13.5. The van der Waals surface area contributed by atoms with Gasteiger partial charge in [0, 0.05) is 0 Å². The summed E-state index contributed by atoms with van der Waals surface area (Å²) in [6.45, 7) is 12.2. The van der Waals surface area contributed by atoms with E-state index in [4.69, 9.17) is 0 Å². The van der Waals surface area contributed by atoms with Crippen molar-refractivity contribution in [3.63, 3.8) is 0 Å². The fourth-order valence-corrected chi connectivity index (χ4v) is 6.54. The molecule has 2 saturated carbocycles. The Morgan fingerprint density at radius 3 is 1.60 bits per heavy atom. The Balaban J connectivity index is 1.39. The van der Waals surface area contributed by atoms with Crippen molar-refractivity contribution in [3.05, 3.63) is 0 Å². The number of hydrogen-bond donors (Lipinski definition) is 0. The van der Waals surface area contributed by atoms with Crippen LogP contribution in [0.5, 0.6) is 0 Å². The smallest absolute Gasteiger partial charge is 0.0354 e. The molecule has 0 radical (unpaired) electrons. The zero-order chi connectivity index (χ0) is 21.9. The van der Waals surface area contributed by atoms with E-state index in [1.165, 1.54) is 128 Å². The lowest BCUT2D eigenvalue weighted by Gasteiger charge is -2.36. The van der Waals surface area contributed by atoms with E-state index < -0.39 is 0 Å². The lowest BCUT2D eigenvalue weighted by molar-refractivity contribution is 0.157. The minimum Gasteiger partial charge on any atom is -0.0602 e. The predicted molar refractivity (Wildman–Crippen MR) is 136 cm³/mol. The average Bonchev–Trinajstić information content (AvgIpc) is 2.67.